The van der Waals surface area contributed by atoms with Crippen LogP contribution in [0.5, 0.6) is 0 Å². The molecule has 1 N–H and O–H groups in total. The van der Waals surface area contributed by atoms with Crippen LogP contribution in [0.3, 0.4) is 0 Å². The molecule has 0 aromatic heterocycles. The number of hydrogen-bond acceptors (Lipinski definition) is 4. The molecule has 0 aliphatic carbocycles. The lowest BCUT2D eigenvalue weighted by Gasteiger charge is -2.31. The predicted octanol–water partition coefficient (Wildman–Crippen LogP) is 0.564. The summed E-state index contributed by atoms with van der Waals surface area (Å²) in [5.41, 5.74) is 0. The van der Waals surface area contributed by atoms with Crippen molar-refractivity contribution in [2.45, 2.75) is 25.3 Å². The Morgan fingerprint density at radius 3 is 2.93 bits per heavy atom. The summed E-state index contributed by atoms with van der Waals surface area (Å²) in [5, 5.41) is 3.21. The second kappa shape index (κ2) is 4.94. The number of carbonyl (C=O) groups excluding carboxylic acids is 1. The van der Waals surface area contributed by atoms with Gasteiger partial charge < -0.3 is 14.8 Å². The van der Waals surface area contributed by atoms with Crippen LogP contribution in [0.1, 0.15) is 19.3 Å². The van der Waals surface area contributed by atoms with E-state index in [9.17, 15) is 4.79 Å². The number of rotatable bonds is 2. The summed E-state index contributed by atoms with van der Waals surface area (Å²) in [6.07, 6.45) is 3.21. The van der Waals surface area contributed by atoms with Gasteiger partial charge in [-0.2, -0.15) is 0 Å². The van der Waals surface area contributed by atoms with Gasteiger partial charge in [0.2, 0.25) is 0 Å². The molecular formula is C11H19NO3. The molecule has 0 bridgehead atoms. The third kappa shape index (κ3) is 2.49. The van der Waals surface area contributed by atoms with E-state index in [0.717, 1.165) is 39.0 Å². The van der Waals surface area contributed by atoms with Crippen LogP contribution in [-0.4, -0.2) is 38.9 Å². The van der Waals surface area contributed by atoms with Gasteiger partial charge in [-0.15, -0.1) is 0 Å². The van der Waals surface area contributed by atoms with Gasteiger partial charge in [-0.3, -0.25) is 4.79 Å². The van der Waals surface area contributed by atoms with Crippen LogP contribution >= 0.6 is 0 Å². The number of nitrogens with one attached hydrogen (secondary N) is 1. The van der Waals surface area contributed by atoms with Crippen molar-refractivity contribution in [3.8, 4) is 0 Å². The van der Waals surface area contributed by atoms with Crippen LogP contribution in [-0.2, 0) is 14.3 Å². The van der Waals surface area contributed by atoms with E-state index in [2.05, 4.69) is 5.32 Å². The van der Waals surface area contributed by atoms with E-state index in [0.29, 0.717) is 11.8 Å². The minimum absolute atomic E-state index is 0.102. The first-order valence-electron chi connectivity index (χ1n) is 5.70. The van der Waals surface area contributed by atoms with Crippen LogP contribution in [0.2, 0.25) is 0 Å². The van der Waals surface area contributed by atoms with Crippen molar-refractivity contribution in [3.63, 3.8) is 0 Å². The summed E-state index contributed by atoms with van der Waals surface area (Å²) >= 11 is 0. The minimum atomic E-state index is -0.126. The largest absolute Gasteiger partial charge is 0.468 e. The highest BCUT2D eigenvalue weighted by atomic mass is 16.5. The van der Waals surface area contributed by atoms with Crippen molar-refractivity contribution >= 4 is 5.97 Å². The third-order valence-corrected chi connectivity index (χ3v) is 3.56. The van der Waals surface area contributed by atoms with Gasteiger partial charge in [-0.25, -0.2) is 0 Å². The van der Waals surface area contributed by atoms with E-state index in [4.69, 9.17) is 9.47 Å². The Morgan fingerprint density at radius 1 is 1.40 bits per heavy atom. The van der Waals surface area contributed by atoms with Gasteiger partial charge in [-0.05, 0) is 37.6 Å². The summed E-state index contributed by atoms with van der Waals surface area (Å²) in [7, 11) is 1.45. The molecule has 2 aliphatic rings. The van der Waals surface area contributed by atoms with Crippen LogP contribution in [0.4, 0.5) is 0 Å². The van der Waals surface area contributed by atoms with Crippen molar-refractivity contribution < 1.29 is 14.3 Å². The third-order valence-electron chi connectivity index (χ3n) is 3.56. The number of esters is 1. The molecule has 2 saturated heterocycles. The van der Waals surface area contributed by atoms with Crippen molar-refractivity contribution in [1.29, 1.82) is 0 Å². The maximum atomic E-state index is 11.4. The van der Waals surface area contributed by atoms with E-state index in [1.54, 1.807) is 0 Å². The molecular weight excluding hydrogens is 194 g/mol. The first-order valence-corrected chi connectivity index (χ1v) is 5.70. The molecule has 15 heavy (non-hydrogen) atoms. The van der Waals surface area contributed by atoms with Crippen LogP contribution in [0.25, 0.3) is 0 Å². The molecule has 2 rings (SSSR count). The monoisotopic (exact) mass is 213 g/mol. The highest BCUT2D eigenvalue weighted by Gasteiger charge is 2.33. The lowest BCUT2D eigenvalue weighted by Crippen LogP contribution is -2.45. The van der Waals surface area contributed by atoms with Crippen LogP contribution in [0.15, 0.2) is 0 Å². The standard InChI is InChI=1S/C11H19NO3/c1-14-11(13)10-6-8(2-4-12-10)9-3-5-15-7-9/h8-10,12H,2-7H2,1H3. The molecule has 2 fully saturated rings. The smallest absolute Gasteiger partial charge is 0.322 e. The van der Waals surface area contributed by atoms with E-state index in [1.807, 2.05) is 0 Å². The average molecular weight is 213 g/mol. The Kier molecular flexibility index (Phi) is 3.59. The number of ether oxygens (including phenoxy) is 2. The summed E-state index contributed by atoms with van der Waals surface area (Å²) in [6.45, 7) is 2.68. The molecule has 0 aromatic rings. The Morgan fingerprint density at radius 2 is 2.27 bits per heavy atom. The minimum Gasteiger partial charge on any atom is -0.468 e. The fourth-order valence-corrected chi connectivity index (χ4v) is 2.62. The Balaban J connectivity index is 1.88. The lowest BCUT2D eigenvalue weighted by molar-refractivity contribution is -0.144. The molecule has 3 unspecified atom stereocenters. The molecule has 4 heteroatoms. The van der Waals surface area contributed by atoms with E-state index in [1.165, 1.54) is 7.11 Å². The molecule has 86 valence electrons. The zero-order valence-corrected chi connectivity index (χ0v) is 9.20. The van der Waals surface area contributed by atoms with Gasteiger partial charge in [0, 0.05) is 13.2 Å². The first-order chi connectivity index (χ1) is 7.31. The molecule has 2 aliphatic heterocycles. The molecule has 0 aromatic carbocycles. The molecule has 0 amide bonds. The van der Waals surface area contributed by atoms with Crippen molar-refractivity contribution in [2.75, 3.05) is 26.9 Å². The predicted molar refractivity (Wildman–Crippen MR) is 55.5 cm³/mol. The zero-order chi connectivity index (χ0) is 10.7. The number of hydrogen-bond donors (Lipinski definition) is 1. The maximum Gasteiger partial charge on any atom is 0.322 e. The number of carbonyl (C=O) groups is 1. The molecule has 0 radical (unpaired) electrons. The summed E-state index contributed by atoms with van der Waals surface area (Å²) in [6, 6.07) is -0.102. The second-order valence-electron chi connectivity index (χ2n) is 4.44. The molecule has 3 atom stereocenters. The fraction of sp³-hybridized carbons (Fsp3) is 0.909. The van der Waals surface area contributed by atoms with Gasteiger partial charge in [0.1, 0.15) is 6.04 Å². The highest BCUT2D eigenvalue weighted by molar-refractivity contribution is 5.75. The fourth-order valence-electron chi connectivity index (χ4n) is 2.62. The normalized spacial score (nSPS) is 36.5. The zero-order valence-electron chi connectivity index (χ0n) is 9.20. The van der Waals surface area contributed by atoms with Crippen LogP contribution in [0, 0.1) is 11.8 Å². The lowest BCUT2D eigenvalue weighted by atomic mass is 9.81. The van der Waals surface area contributed by atoms with E-state index in [-0.39, 0.29) is 12.0 Å². The Bertz CT molecular complexity index is 226. The first kappa shape index (κ1) is 10.9. The van der Waals surface area contributed by atoms with Crippen molar-refractivity contribution in [2.24, 2.45) is 11.8 Å². The quantitative estimate of drug-likeness (QED) is 0.681. The molecule has 0 saturated carbocycles. The van der Waals surface area contributed by atoms with Crippen molar-refractivity contribution in [3.05, 3.63) is 0 Å². The number of methoxy groups -OCH3 is 1. The average Bonchev–Trinajstić information content (AvgIpc) is 2.82. The number of piperidine rings is 1. The molecule has 0 spiro atoms. The maximum absolute atomic E-state index is 11.4. The van der Waals surface area contributed by atoms with Crippen LogP contribution < -0.4 is 5.32 Å². The highest BCUT2D eigenvalue weighted by Crippen LogP contribution is 2.30. The van der Waals surface area contributed by atoms with Gasteiger partial charge in [0.05, 0.1) is 7.11 Å². The summed E-state index contributed by atoms with van der Waals surface area (Å²) in [5.74, 6) is 1.15. The summed E-state index contributed by atoms with van der Waals surface area (Å²) < 4.78 is 10.2. The van der Waals surface area contributed by atoms with Gasteiger partial charge in [0.25, 0.3) is 0 Å². The van der Waals surface area contributed by atoms with Gasteiger partial charge >= 0.3 is 5.97 Å². The van der Waals surface area contributed by atoms with E-state index >= 15 is 0 Å². The SMILES string of the molecule is COC(=O)C1CC(C2CCOC2)CCN1. The Labute approximate surface area is 90.3 Å². The van der Waals surface area contributed by atoms with Crippen molar-refractivity contribution in [1.82, 2.24) is 5.32 Å². The molecule has 4 nitrogen and oxygen atoms in total. The second-order valence-corrected chi connectivity index (χ2v) is 4.44. The van der Waals surface area contributed by atoms with Gasteiger partial charge in [0.15, 0.2) is 0 Å². The summed E-state index contributed by atoms with van der Waals surface area (Å²) in [4.78, 5) is 11.4. The topological polar surface area (TPSA) is 47.6 Å². The van der Waals surface area contributed by atoms with Gasteiger partial charge in [-0.1, -0.05) is 0 Å². The Hall–Kier alpha value is -0.610. The molecule has 2 heterocycles. The van der Waals surface area contributed by atoms with E-state index < -0.39 is 0 Å².